The van der Waals surface area contributed by atoms with Crippen LogP contribution in [0.2, 0.25) is 5.02 Å². The molecule has 2 aromatic rings. The van der Waals surface area contributed by atoms with E-state index in [2.05, 4.69) is 14.7 Å². The van der Waals surface area contributed by atoms with Gasteiger partial charge in [-0.2, -0.15) is 0 Å². The van der Waals surface area contributed by atoms with Crippen LogP contribution in [0.5, 0.6) is 0 Å². The van der Waals surface area contributed by atoms with Crippen molar-refractivity contribution in [2.24, 2.45) is 0 Å². The summed E-state index contributed by atoms with van der Waals surface area (Å²) in [6.07, 6.45) is 0.180. The van der Waals surface area contributed by atoms with Crippen LogP contribution in [0.3, 0.4) is 0 Å². The first kappa shape index (κ1) is 16.4. The Morgan fingerprint density at radius 1 is 1.39 bits per heavy atom. The van der Waals surface area contributed by atoms with E-state index in [1.165, 1.54) is 25.3 Å². The number of hydrogen-bond donors (Lipinski definition) is 1. The van der Waals surface area contributed by atoms with E-state index in [1.54, 1.807) is 0 Å². The lowest BCUT2D eigenvalue weighted by molar-refractivity contribution is -0.402. The number of carbonyl (C=O) groups is 2. The zero-order valence-corrected chi connectivity index (χ0v) is 12.4. The minimum absolute atomic E-state index is 0.232. The summed E-state index contributed by atoms with van der Waals surface area (Å²) < 4.78 is 9.55. The van der Waals surface area contributed by atoms with Crippen LogP contribution >= 0.6 is 11.6 Å². The van der Waals surface area contributed by atoms with Gasteiger partial charge < -0.3 is 14.5 Å². The summed E-state index contributed by atoms with van der Waals surface area (Å²) >= 11 is 5.67. The molecule has 0 aliphatic heterocycles. The molecule has 2 rings (SSSR count). The van der Waals surface area contributed by atoms with Crippen LogP contribution < -0.4 is 5.32 Å². The third kappa shape index (κ3) is 4.27. The van der Waals surface area contributed by atoms with Gasteiger partial charge >= 0.3 is 11.9 Å². The molecule has 2 aromatic heterocycles. The van der Waals surface area contributed by atoms with Crippen LogP contribution in [0.4, 0.5) is 11.7 Å². The van der Waals surface area contributed by atoms with Crippen molar-refractivity contribution in [2.45, 2.75) is 13.0 Å². The number of carbonyl (C=O) groups excluding carboxylic acids is 2. The Kier molecular flexibility index (Phi) is 4.91. The first-order valence-electron chi connectivity index (χ1n) is 6.24. The molecule has 0 aliphatic rings. The maximum absolute atomic E-state index is 11.9. The number of amides is 1. The minimum atomic E-state index is -1.16. The molecule has 0 bridgehead atoms. The molecule has 0 fully saturated rings. The van der Waals surface area contributed by atoms with Crippen molar-refractivity contribution in [3.8, 4) is 0 Å². The van der Waals surface area contributed by atoms with Crippen molar-refractivity contribution in [1.29, 1.82) is 0 Å². The molecule has 0 saturated heterocycles. The summed E-state index contributed by atoms with van der Waals surface area (Å²) in [4.78, 5) is 37.2. The van der Waals surface area contributed by atoms with Gasteiger partial charge in [-0.05, 0) is 25.1 Å². The van der Waals surface area contributed by atoms with Gasteiger partial charge in [0.2, 0.25) is 5.76 Å². The smallest absolute Gasteiger partial charge is 0.433 e. The summed E-state index contributed by atoms with van der Waals surface area (Å²) in [5.74, 6) is -2.37. The predicted molar refractivity (Wildman–Crippen MR) is 78.1 cm³/mol. The van der Waals surface area contributed by atoms with Gasteiger partial charge in [-0.3, -0.25) is 14.9 Å². The van der Waals surface area contributed by atoms with Crippen LogP contribution in [0.15, 0.2) is 34.9 Å². The highest BCUT2D eigenvalue weighted by atomic mass is 35.5. The monoisotopic (exact) mass is 339 g/mol. The van der Waals surface area contributed by atoms with Crippen molar-refractivity contribution in [1.82, 2.24) is 4.98 Å². The first-order valence-corrected chi connectivity index (χ1v) is 6.62. The Hall–Kier alpha value is -2.94. The quantitative estimate of drug-likeness (QED) is 0.503. The largest absolute Gasteiger partial charge is 0.447 e. The van der Waals surface area contributed by atoms with Gasteiger partial charge in [-0.15, -0.1) is 0 Å². The van der Waals surface area contributed by atoms with Crippen LogP contribution in [-0.4, -0.2) is 27.9 Å². The van der Waals surface area contributed by atoms with E-state index < -0.39 is 28.8 Å². The van der Waals surface area contributed by atoms with E-state index in [-0.39, 0.29) is 11.6 Å². The third-order valence-corrected chi connectivity index (χ3v) is 2.83. The predicted octanol–water partition coefficient (Wildman–Crippen LogP) is 2.42. The zero-order valence-electron chi connectivity index (χ0n) is 11.7. The number of pyridine rings is 1. The number of nitrogens with zero attached hydrogens (tertiary/aromatic N) is 2. The van der Waals surface area contributed by atoms with Crippen LogP contribution in [0.1, 0.15) is 17.5 Å². The summed E-state index contributed by atoms with van der Waals surface area (Å²) in [7, 11) is 0. The number of nitrogens with one attached hydrogen (secondary N) is 1. The van der Waals surface area contributed by atoms with Gasteiger partial charge in [0.25, 0.3) is 5.91 Å². The molecule has 0 radical (unpaired) electrons. The van der Waals surface area contributed by atoms with Crippen molar-refractivity contribution in [3.05, 3.63) is 51.4 Å². The van der Waals surface area contributed by atoms with Crippen molar-refractivity contribution >= 4 is 35.2 Å². The van der Waals surface area contributed by atoms with Gasteiger partial charge in [-0.25, -0.2) is 9.78 Å². The van der Waals surface area contributed by atoms with Crippen LogP contribution in [-0.2, 0) is 9.53 Å². The number of furan rings is 1. The standard InChI is InChI=1S/C13H10ClN3O6/c1-7(12(18)16-10-4-2-8(14)6-15-10)22-13(19)9-3-5-11(23-9)17(20)21/h2-7H,1H3,(H,15,16,18)/t7-/m1/s1. The fraction of sp³-hybridized carbons (Fsp3) is 0.154. The average Bonchev–Trinajstić information content (AvgIpc) is 2.99. The molecule has 2 heterocycles. The number of esters is 1. The maximum Gasteiger partial charge on any atom is 0.433 e. The highest BCUT2D eigenvalue weighted by Crippen LogP contribution is 2.17. The second-order valence-corrected chi connectivity index (χ2v) is 4.73. The van der Waals surface area contributed by atoms with E-state index >= 15 is 0 Å². The van der Waals surface area contributed by atoms with E-state index in [1.807, 2.05) is 0 Å². The van der Waals surface area contributed by atoms with Crippen molar-refractivity contribution in [3.63, 3.8) is 0 Å². The van der Waals surface area contributed by atoms with E-state index in [9.17, 15) is 19.7 Å². The summed E-state index contributed by atoms with van der Waals surface area (Å²) in [6, 6.07) is 5.11. The molecular weight excluding hydrogens is 330 g/mol. The first-order chi connectivity index (χ1) is 10.9. The Labute approximate surface area is 134 Å². The Morgan fingerprint density at radius 2 is 2.13 bits per heavy atom. The normalized spacial score (nSPS) is 11.6. The molecule has 120 valence electrons. The lowest BCUT2D eigenvalue weighted by Crippen LogP contribution is -2.30. The molecule has 9 nitrogen and oxygen atoms in total. The number of aromatic nitrogens is 1. The molecule has 10 heteroatoms. The fourth-order valence-electron chi connectivity index (χ4n) is 1.49. The summed E-state index contributed by atoms with van der Waals surface area (Å²) in [5, 5.41) is 13.3. The SMILES string of the molecule is C[C@@H](OC(=O)c1ccc([N+](=O)[O-])o1)C(=O)Nc1ccc(Cl)cn1. The Bertz CT molecular complexity index is 742. The van der Waals surface area contributed by atoms with E-state index in [0.717, 1.165) is 12.1 Å². The number of rotatable bonds is 5. The molecule has 0 aliphatic carbocycles. The Morgan fingerprint density at radius 3 is 2.70 bits per heavy atom. The number of hydrogen-bond acceptors (Lipinski definition) is 7. The molecule has 1 atom stereocenters. The molecule has 23 heavy (non-hydrogen) atoms. The molecule has 0 saturated carbocycles. The summed E-state index contributed by atoms with van der Waals surface area (Å²) in [6.45, 7) is 1.33. The van der Waals surface area contributed by atoms with Gasteiger partial charge in [0.1, 0.15) is 10.7 Å². The molecule has 0 unspecified atom stereocenters. The zero-order chi connectivity index (χ0) is 17.0. The highest BCUT2D eigenvalue weighted by molar-refractivity contribution is 6.30. The van der Waals surface area contributed by atoms with E-state index in [4.69, 9.17) is 16.3 Å². The van der Waals surface area contributed by atoms with Crippen molar-refractivity contribution in [2.75, 3.05) is 5.32 Å². The molecule has 0 aromatic carbocycles. The lowest BCUT2D eigenvalue weighted by Gasteiger charge is -2.12. The molecular formula is C13H10ClN3O6. The van der Waals surface area contributed by atoms with Crippen molar-refractivity contribution < 1.29 is 23.7 Å². The number of ether oxygens (including phenoxy) is 1. The number of anilines is 1. The van der Waals surface area contributed by atoms with E-state index in [0.29, 0.717) is 5.02 Å². The third-order valence-electron chi connectivity index (χ3n) is 2.60. The fourth-order valence-corrected chi connectivity index (χ4v) is 1.60. The maximum atomic E-state index is 11.9. The van der Waals surface area contributed by atoms with Gasteiger partial charge in [-0.1, -0.05) is 11.6 Å². The van der Waals surface area contributed by atoms with Crippen LogP contribution in [0, 0.1) is 10.1 Å². The average molecular weight is 340 g/mol. The second-order valence-electron chi connectivity index (χ2n) is 4.29. The minimum Gasteiger partial charge on any atom is -0.447 e. The highest BCUT2D eigenvalue weighted by Gasteiger charge is 2.23. The molecule has 0 spiro atoms. The summed E-state index contributed by atoms with van der Waals surface area (Å²) in [5.41, 5.74) is 0. The Balaban J connectivity index is 1.95. The van der Waals surface area contributed by atoms with Crippen LogP contribution in [0.25, 0.3) is 0 Å². The molecule has 1 amide bonds. The second kappa shape index (κ2) is 6.88. The topological polar surface area (TPSA) is 125 Å². The number of halogens is 1. The molecule has 1 N–H and O–H groups in total. The number of nitro groups is 1. The lowest BCUT2D eigenvalue weighted by atomic mass is 10.3. The van der Waals surface area contributed by atoms with Gasteiger partial charge in [0.05, 0.1) is 11.1 Å². The van der Waals surface area contributed by atoms with Gasteiger partial charge in [0, 0.05) is 6.20 Å². The van der Waals surface area contributed by atoms with Gasteiger partial charge in [0.15, 0.2) is 6.10 Å².